The van der Waals surface area contributed by atoms with Gasteiger partial charge in [0.1, 0.15) is 0 Å². The zero-order valence-corrected chi connectivity index (χ0v) is 11.4. The first-order chi connectivity index (χ1) is 7.30. The van der Waals surface area contributed by atoms with E-state index in [4.69, 9.17) is 0 Å². The van der Waals surface area contributed by atoms with Crippen molar-refractivity contribution in [1.29, 1.82) is 0 Å². The topological polar surface area (TPSA) is 0 Å². The van der Waals surface area contributed by atoms with E-state index in [1.165, 1.54) is 4.41 Å². The van der Waals surface area contributed by atoms with E-state index in [2.05, 4.69) is 29.4 Å². The summed E-state index contributed by atoms with van der Waals surface area (Å²) in [6, 6.07) is 0. The molecular weight excluding hydrogens is 241 g/mol. The van der Waals surface area contributed by atoms with Gasteiger partial charge >= 0.3 is 54.2 Å². The van der Waals surface area contributed by atoms with Crippen LogP contribution < -0.4 is 0 Å². The summed E-state index contributed by atoms with van der Waals surface area (Å²) in [7, 11) is 0. The van der Waals surface area contributed by atoms with Crippen LogP contribution in [0.25, 0.3) is 0 Å². The van der Waals surface area contributed by atoms with Crippen molar-refractivity contribution in [3.8, 4) is 0 Å². The Morgan fingerprint density at radius 3 is 2.07 bits per heavy atom. The molecule has 2 aliphatic rings. The van der Waals surface area contributed by atoms with Crippen molar-refractivity contribution in [1.82, 2.24) is 0 Å². The van der Waals surface area contributed by atoms with Gasteiger partial charge in [0, 0.05) is 0 Å². The van der Waals surface area contributed by atoms with Crippen molar-refractivity contribution in [2.24, 2.45) is 0 Å². The molecule has 0 aromatic rings. The molecule has 0 amide bonds. The molecule has 0 aromatic carbocycles. The fourth-order valence-corrected chi connectivity index (χ4v) is 2.77. The molecule has 0 unspecified atom stereocenters. The predicted molar refractivity (Wildman–Crippen MR) is 69.9 cm³/mol. The van der Waals surface area contributed by atoms with E-state index in [1.54, 1.807) is 0 Å². The van der Waals surface area contributed by atoms with Gasteiger partial charge in [-0.05, 0) is 0 Å². The van der Waals surface area contributed by atoms with E-state index >= 15 is 0 Å². The molecule has 0 nitrogen and oxygen atoms in total. The minimum atomic E-state index is -0.769. The fourth-order valence-electron chi connectivity index (χ4n) is 1.09. The Bertz CT molecular complexity index is 345. The summed E-state index contributed by atoms with van der Waals surface area (Å²) < 4.78 is 1.48. The monoisotopic (exact) mass is 258 g/mol. The van der Waals surface area contributed by atoms with Crippen molar-refractivity contribution in [2.75, 3.05) is 0 Å². The van der Waals surface area contributed by atoms with Gasteiger partial charge in [0.25, 0.3) is 0 Å². The number of hydrogen-bond donors (Lipinski definition) is 0. The van der Waals surface area contributed by atoms with Crippen LogP contribution >= 0.6 is 0 Å². The van der Waals surface area contributed by atoms with Crippen LogP contribution in [0.5, 0.6) is 0 Å². The molecule has 0 aromatic heterocycles. The molecular formula is C14H16Ge-. The molecule has 0 saturated carbocycles. The van der Waals surface area contributed by atoms with Gasteiger partial charge < -0.3 is 0 Å². The molecule has 0 fully saturated rings. The van der Waals surface area contributed by atoms with Crippen molar-refractivity contribution in [3.63, 3.8) is 0 Å². The molecule has 0 spiro atoms. The third kappa shape index (κ3) is 5.36. The molecule has 1 radical (unpaired) electrons. The molecule has 0 N–H and O–H groups in total. The van der Waals surface area contributed by atoms with Crippen LogP contribution in [0.4, 0.5) is 0 Å². The van der Waals surface area contributed by atoms with Gasteiger partial charge in [-0.3, -0.25) is 0 Å². The van der Waals surface area contributed by atoms with E-state index in [-0.39, 0.29) is 0 Å². The molecule has 0 heterocycles. The Labute approximate surface area is 97.2 Å². The molecule has 77 valence electrons. The average Bonchev–Trinajstić information content (AvgIpc) is 2.60. The van der Waals surface area contributed by atoms with Crippen LogP contribution in [-0.2, 0) is 0 Å². The third-order valence-corrected chi connectivity index (χ3v) is 4.83. The average molecular weight is 257 g/mol. The van der Waals surface area contributed by atoms with E-state index < -0.39 is 14.3 Å². The summed E-state index contributed by atoms with van der Waals surface area (Å²) in [6.45, 7) is 0. The number of hydrogen-bond acceptors (Lipinski definition) is 0. The maximum atomic E-state index is 3.21. The molecule has 0 atom stereocenters. The Balaban J connectivity index is 0.000000151. The maximum absolute atomic E-state index is 3.21. The molecule has 1 heteroatoms. The third-order valence-electron chi connectivity index (χ3n) is 1.91. The van der Waals surface area contributed by atoms with Crippen LogP contribution in [0.1, 0.15) is 0 Å². The summed E-state index contributed by atoms with van der Waals surface area (Å²) in [4.78, 5) is 0. The normalized spacial score (nSPS) is 15.8. The molecule has 2 aliphatic carbocycles. The second-order valence-electron chi connectivity index (χ2n) is 3.43. The van der Waals surface area contributed by atoms with Crippen molar-refractivity contribution >= 4 is 14.3 Å². The van der Waals surface area contributed by atoms with Crippen molar-refractivity contribution in [3.05, 3.63) is 71.2 Å². The van der Waals surface area contributed by atoms with E-state index in [9.17, 15) is 0 Å². The molecule has 15 heavy (non-hydrogen) atoms. The van der Waals surface area contributed by atoms with Gasteiger partial charge in [0.2, 0.25) is 0 Å². The zero-order valence-electron chi connectivity index (χ0n) is 9.27. The second-order valence-corrected chi connectivity index (χ2v) is 8.76. The van der Waals surface area contributed by atoms with Gasteiger partial charge in [0.05, 0.1) is 0 Å². The Hall–Kier alpha value is -1.11. The van der Waals surface area contributed by atoms with Crippen molar-refractivity contribution in [2.45, 2.75) is 11.5 Å². The Morgan fingerprint density at radius 2 is 1.67 bits per heavy atom. The van der Waals surface area contributed by atoms with Crippen LogP contribution in [0, 0.1) is 6.42 Å². The summed E-state index contributed by atoms with van der Waals surface area (Å²) in [5.74, 6) is 4.68. The number of rotatable bonds is 1. The fraction of sp³-hybridized carbons (Fsp3) is 0.143. The molecule has 2 rings (SSSR count). The van der Waals surface area contributed by atoms with Crippen LogP contribution in [0.2, 0.25) is 11.5 Å². The first-order valence-corrected chi connectivity index (χ1v) is 10.3. The van der Waals surface area contributed by atoms with Crippen LogP contribution in [-0.4, -0.2) is 14.3 Å². The summed E-state index contributed by atoms with van der Waals surface area (Å²) in [5.41, 5.74) is 3.21. The first kappa shape index (κ1) is 12.0. The first-order valence-electron chi connectivity index (χ1n) is 5.08. The molecule has 0 saturated heterocycles. The minimum absolute atomic E-state index is 0.769. The standard InChI is InChI=1S/C7H9Ge.C7H7/c1-8(2)7-5-3-4-6-7;1-2-4-6-7-5-3-1/h3-5H,1-2H3;1-7H/q;-1. The zero-order chi connectivity index (χ0) is 10.9. The molecule has 0 bridgehead atoms. The van der Waals surface area contributed by atoms with Crippen molar-refractivity contribution < 1.29 is 0 Å². The second kappa shape index (κ2) is 7.22. The van der Waals surface area contributed by atoms with Gasteiger partial charge in [-0.1, -0.05) is 0 Å². The van der Waals surface area contributed by atoms with Crippen LogP contribution in [0.15, 0.2) is 64.8 Å². The van der Waals surface area contributed by atoms with E-state index in [0.717, 1.165) is 0 Å². The summed E-state index contributed by atoms with van der Waals surface area (Å²) in [5, 5.41) is 0. The van der Waals surface area contributed by atoms with Gasteiger partial charge in [-0.25, -0.2) is 0 Å². The summed E-state index contributed by atoms with van der Waals surface area (Å²) in [6.07, 6.45) is 20.2. The van der Waals surface area contributed by atoms with E-state index in [1.807, 2.05) is 49.0 Å². The van der Waals surface area contributed by atoms with E-state index in [0.29, 0.717) is 0 Å². The Kier molecular flexibility index (Phi) is 5.76. The van der Waals surface area contributed by atoms with Gasteiger partial charge in [-0.15, -0.1) is 12.2 Å². The SMILES string of the molecule is C1=CC=C[CH-]C=C1.[CH3][Ge]([CH3])[C]1=C=CC=C1. The summed E-state index contributed by atoms with van der Waals surface area (Å²) >= 11 is -0.769. The predicted octanol–water partition coefficient (Wildman–Crippen LogP) is 3.80. The quantitative estimate of drug-likeness (QED) is 0.380. The van der Waals surface area contributed by atoms with Gasteiger partial charge in [-0.2, -0.15) is 30.7 Å². The number of allylic oxidation sites excluding steroid dienone is 9. The van der Waals surface area contributed by atoms with Crippen LogP contribution in [0.3, 0.4) is 0 Å². The molecule has 0 aliphatic heterocycles. The van der Waals surface area contributed by atoms with Gasteiger partial charge in [0.15, 0.2) is 0 Å². The Morgan fingerprint density at radius 1 is 1.00 bits per heavy atom.